The van der Waals surface area contributed by atoms with E-state index in [2.05, 4.69) is 31.5 Å². The average Bonchev–Trinajstić information content (AvgIpc) is 2.35. The first-order valence-corrected chi connectivity index (χ1v) is 6.32. The molecule has 0 radical (unpaired) electrons. The van der Waals surface area contributed by atoms with Crippen LogP contribution in [0, 0.1) is 6.92 Å². The second kappa shape index (κ2) is 6.64. The van der Waals surface area contributed by atoms with Gasteiger partial charge >= 0.3 is 0 Å². The molecule has 0 bridgehead atoms. The Morgan fingerprint density at radius 2 is 1.76 bits per heavy atom. The highest BCUT2D eigenvalue weighted by atomic mass is 32.1. The number of benzene rings is 1. The van der Waals surface area contributed by atoms with Crippen molar-refractivity contribution in [3.05, 3.63) is 17.7 Å². The van der Waals surface area contributed by atoms with Crippen LogP contribution in [-0.4, -0.2) is 33.6 Å². The van der Waals surface area contributed by atoms with E-state index in [4.69, 9.17) is 9.47 Å². The minimum absolute atomic E-state index is 0.769. The molecule has 0 N–H and O–H groups in total. The van der Waals surface area contributed by atoms with Crippen LogP contribution in [-0.2, 0) is 0 Å². The molecule has 1 aromatic rings. The van der Waals surface area contributed by atoms with Gasteiger partial charge in [-0.2, -0.15) is 12.6 Å². The maximum atomic E-state index is 5.32. The maximum absolute atomic E-state index is 5.32. The number of anilines is 1. The lowest BCUT2D eigenvalue weighted by Crippen LogP contribution is -2.19. The molecule has 0 aromatic heterocycles. The Balaban J connectivity index is 2.99. The highest BCUT2D eigenvalue weighted by molar-refractivity contribution is 7.80. The lowest BCUT2D eigenvalue weighted by Gasteiger charge is -2.22. The van der Waals surface area contributed by atoms with E-state index < -0.39 is 0 Å². The summed E-state index contributed by atoms with van der Waals surface area (Å²) in [4.78, 5) is 2.22. The van der Waals surface area contributed by atoms with Crippen molar-refractivity contribution in [1.29, 1.82) is 0 Å². The molecule has 4 heteroatoms. The molecule has 0 aliphatic heterocycles. The predicted molar refractivity (Wildman–Crippen MR) is 76.0 cm³/mol. The molecular formula is C13H21NO2S. The maximum Gasteiger partial charge on any atom is 0.162 e. The van der Waals surface area contributed by atoms with Gasteiger partial charge in [-0.15, -0.1) is 0 Å². The van der Waals surface area contributed by atoms with E-state index in [1.165, 1.54) is 11.3 Å². The van der Waals surface area contributed by atoms with Crippen molar-refractivity contribution < 1.29 is 9.47 Å². The summed E-state index contributed by atoms with van der Waals surface area (Å²) in [5, 5.41) is 0. The summed E-state index contributed by atoms with van der Waals surface area (Å²) < 4.78 is 10.6. The number of ether oxygens (including phenoxy) is 2. The zero-order chi connectivity index (χ0) is 12.8. The molecule has 3 nitrogen and oxygen atoms in total. The van der Waals surface area contributed by atoms with Gasteiger partial charge in [0, 0.05) is 25.3 Å². The number of nitrogens with zero attached hydrogens (tertiary/aromatic N) is 1. The first-order chi connectivity index (χ1) is 8.13. The van der Waals surface area contributed by atoms with Crippen LogP contribution in [0.4, 0.5) is 5.69 Å². The van der Waals surface area contributed by atoms with Gasteiger partial charge in [0.1, 0.15) is 0 Å². The normalized spacial score (nSPS) is 10.2. The van der Waals surface area contributed by atoms with Gasteiger partial charge in [-0.25, -0.2) is 0 Å². The summed E-state index contributed by atoms with van der Waals surface area (Å²) in [7, 11) is 5.39. The molecule has 0 fully saturated rings. The van der Waals surface area contributed by atoms with Crippen LogP contribution in [0.15, 0.2) is 12.1 Å². The van der Waals surface area contributed by atoms with Crippen molar-refractivity contribution in [2.75, 3.05) is 38.5 Å². The van der Waals surface area contributed by atoms with Gasteiger partial charge in [0.15, 0.2) is 11.5 Å². The molecule has 0 spiro atoms. The first-order valence-electron chi connectivity index (χ1n) is 5.68. The fraction of sp³-hybridized carbons (Fsp3) is 0.538. The van der Waals surface area contributed by atoms with E-state index >= 15 is 0 Å². The third-order valence-electron chi connectivity index (χ3n) is 2.76. The van der Waals surface area contributed by atoms with E-state index in [9.17, 15) is 0 Å². The Bertz CT molecular complexity index is 369. The molecule has 0 saturated heterocycles. The first kappa shape index (κ1) is 14.0. The zero-order valence-electron chi connectivity index (χ0n) is 11.0. The van der Waals surface area contributed by atoms with Crippen LogP contribution in [0.2, 0.25) is 0 Å². The Labute approximate surface area is 109 Å². The van der Waals surface area contributed by atoms with E-state index in [1.54, 1.807) is 14.2 Å². The van der Waals surface area contributed by atoms with Crippen LogP contribution in [0.5, 0.6) is 11.5 Å². The number of thiol groups is 1. The zero-order valence-corrected chi connectivity index (χ0v) is 11.9. The highest BCUT2D eigenvalue weighted by Crippen LogP contribution is 2.34. The molecule has 0 amide bonds. The lowest BCUT2D eigenvalue weighted by molar-refractivity contribution is 0.354. The van der Waals surface area contributed by atoms with Gasteiger partial charge in [-0.3, -0.25) is 0 Å². The summed E-state index contributed by atoms with van der Waals surface area (Å²) in [6.45, 7) is 3.06. The third kappa shape index (κ3) is 3.46. The van der Waals surface area contributed by atoms with E-state index in [1.807, 2.05) is 12.1 Å². The van der Waals surface area contributed by atoms with E-state index in [-0.39, 0.29) is 0 Å². The van der Waals surface area contributed by atoms with Crippen LogP contribution >= 0.6 is 12.6 Å². The van der Waals surface area contributed by atoms with Gasteiger partial charge in [0.2, 0.25) is 0 Å². The fourth-order valence-electron chi connectivity index (χ4n) is 1.81. The van der Waals surface area contributed by atoms with Crippen LogP contribution in [0.25, 0.3) is 0 Å². The molecule has 96 valence electrons. The fourth-order valence-corrected chi connectivity index (χ4v) is 1.95. The minimum Gasteiger partial charge on any atom is -0.493 e. The summed E-state index contributed by atoms with van der Waals surface area (Å²) >= 11 is 4.23. The Kier molecular flexibility index (Phi) is 5.48. The Morgan fingerprint density at radius 1 is 1.18 bits per heavy atom. The van der Waals surface area contributed by atoms with E-state index in [0.717, 1.165) is 30.2 Å². The Morgan fingerprint density at radius 3 is 2.29 bits per heavy atom. The van der Waals surface area contributed by atoms with Crippen molar-refractivity contribution >= 4 is 18.3 Å². The minimum atomic E-state index is 0.769. The van der Waals surface area contributed by atoms with Gasteiger partial charge < -0.3 is 14.4 Å². The van der Waals surface area contributed by atoms with Crippen molar-refractivity contribution in [1.82, 2.24) is 0 Å². The third-order valence-corrected chi connectivity index (χ3v) is 3.08. The molecule has 0 saturated carbocycles. The summed E-state index contributed by atoms with van der Waals surface area (Å²) in [6, 6.07) is 4.03. The number of hydrogen-bond donors (Lipinski definition) is 1. The monoisotopic (exact) mass is 255 g/mol. The quantitative estimate of drug-likeness (QED) is 0.790. The molecule has 1 rings (SSSR count). The summed E-state index contributed by atoms with van der Waals surface area (Å²) in [5.74, 6) is 2.44. The topological polar surface area (TPSA) is 21.7 Å². The van der Waals surface area contributed by atoms with Crippen LogP contribution in [0.3, 0.4) is 0 Å². The second-order valence-electron chi connectivity index (χ2n) is 3.99. The molecular weight excluding hydrogens is 234 g/mol. The van der Waals surface area contributed by atoms with Crippen LogP contribution < -0.4 is 14.4 Å². The standard InChI is InChI=1S/C13H21NO2S/c1-10-8-12(15-3)13(16-4)9-11(10)14(2)6-5-7-17/h8-9,17H,5-7H2,1-4H3. The Hall–Kier alpha value is -1.03. The van der Waals surface area contributed by atoms with Gasteiger partial charge in [-0.05, 0) is 30.7 Å². The van der Waals surface area contributed by atoms with Gasteiger partial charge in [0.05, 0.1) is 14.2 Å². The van der Waals surface area contributed by atoms with Crippen molar-refractivity contribution in [3.8, 4) is 11.5 Å². The van der Waals surface area contributed by atoms with Crippen molar-refractivity contribution in [2.45, 2.75) is 13.3 Å². The van der Waals surface area contributed by atoms with Crippen LogP contribution in [0.1, 0.15) is 12.0 Å². The number of methoxy groups -OCH3 is 2. The largest absolute Gasteiger partial charge is 0.493 e. The van der Waals surface area contributed by atoms with Crippen molar-refractivity contribution in [3.63, 3.8) is 0 Å². The summed E-state index contributed by atoms with van der Waals surface area (Å²) in [6.07, 6.45) is 1.06. The lowest BCUT2D eigenvalue weighted by atomic mass is 10.1. The molecule has 0 aliphatic carbocycles. The highest BCUT2D eigenvalue weighted by Gasteiger charge is 2.11. The SMILES string of the molecule is COc1cc(C)c(N(C)CCCS)cc1OC. The smallest absolute Gasteiger partial charge is 0.162 e. The molecule has 1 aromatic carbocycles. The average molecular weight is 255 g/mol. The molecule has 0 atom stereocenters. The number of aryl methyl sites for hydroxylation is 1. The van der Waals surface area contributed by atoms with Crippen molar-refractivity contribution in [2.24, 2.45) is 0 Å². The van der Waals surface area contributed by atoms with Gasteiger partial charge in [-0.1, -0.05) is 0 Å². The molecule has 0 aliphatic rings. The number of hydrogen-bond acceptors (Lipinski definition) is 4. The van der Waals surface area contributed by atoms with Gasteiger partial charge in [0.25, 0.3) is 0 Å². The molecule has 0 heterocycles. The second-order valence-corrected chi connectivity index (χ2v) is 4.44. The summed E-state index contributed by atoms with van der Waals surface area (Å²) in [5.41, 5.74) is 2.36. The number of rotatable bonds is 6. The predicted octanol–water partition coefficient (Wildman–Crippen LogP) is 2.77. The molecule has 17 heavy (non-hydrogen) atoms. The molecule has 0 unspecified atom stereocenters. The van der Waals surface area contributed by atoms with E-state index in [0.29, 0.717) is 0 Å².